The summed E-state index contributed by atoms with van der Waals surface area (Å²) in [6, 6.07) is 25.1. The minimum Gasteiger partial charge on any atom is -0.372 e. The Morgan fingerprint density at radius 2 is 1.75 bits per heavy atom. The molecule has 10 heteroatoms. The van der Waals surface area contributed by atoms with Crippen LogP contribution in [0.25, 0.3) is 11.0 Å². The van der Waals surface area contributed by atoms with E-state index in [4.69, 9.17) is 4.98 Å². The molecule has 4 heterocycles. The molecule has 5 aromatic rings. The fourth-order valence-corrected chi connectivity index (χ4v) is 6.37. The van der Waals surface area contributed by atoms with Crippen LogP contribution in [0.5, 0.6) is 0 Å². The van der Waals surface area contributed by atoms with E-state index in [0.29, 0.717) is 28.9 Å². The van der Waals surface area contributed by atoms with E-state index in [1.165, 1.54) is 30.3 Å². The van der Waals surface area contributed by atoms with Gasteiger partial charge in [-0.3, -0.25) is 14.5 Å². The summed E-state index contributed by atoms with van der Waals surface area (Å²) in [5.41, 5.74) is 9.44. The van der Waals surface area contributed by atoms with Crippen LogP contribution in [0, 0.1) is 5.82 Å². The lowest BCUT2D eigenvalue weighted by molar-refractivity contribution is 0.0956. The van der Waals surface area contributed by atoms with Crippen LogP contribution in [0.4, 0.5) is 15.8 Å². The topological polar surface area (TPSA) is 103 Å². The van der Waals surface area contributed by atoms with Gasteiger partial charge < -0.3 is 10.2 Å². The highest BCUT2D eigenvalue weighted by Crippen LogP contribution is 2.27. The van der Waals surface area contributed by atoms with Gasteiger partial charge in [-0.05, 0) is 96.6 Å². The van der Waals surface area contributed by atoms with Crippen molar-refractivity contribution in [1.82, 2.24) is 20.3 Å². The maximum absolute atomic E-state index is 13.6. The van der Waals surface area contributed by atoms with Gasteiger partial charge in [-0.2, -0.15) is 5.10 Å². The first kappa shape index (κ1) is 31.1. The van der Waals surface area contributed by atoms with Gasteiger partial charge in [0.25, 0.3) is 11.8 Å². The lowest BCUT2D eigenvalue weighted by atomic mass is 10.0. The quantitative estimate of drug-likeness (QED) is 0.152. The number of fused-ring (bicyclic) bond motifs is 2. The Hall–Kier alpha value is -5.48. The molecule has 1 fully saturated rings. The van der Waals surface area contributed by atoms with Crippen LogP contribution in [0.3, 0.4) is 0 Å². The first-order chi connectivity index (χ1) is 23.5. The Labute approximate surface area is 278 Å². The van der Waals surface area contributed by atoms with E-state index in [1.807, 2.05) is 42.5 Å². The lowest BCUT2D eigenvalue weighted by Gasteiger charge is -2.29. The third kappa shape index (κ3) is 7.24. The molecule has 7 rings (SSSR count). The maximum Gasteiger partial charge on any atom is 0.273 e. The average molecular weight is 642 g/mol. The smallest absolute Gasteiger partial charge is 0.273 e. The molecule has 0 spiro atoms. The summed E-state index contributed by atoms with van der Waals surface area (Å²) in [6.07, 6.45) is 7.43. The molecule has 1 saturated heterocycles. The van der Waals surface area contributed by atoms with Crippen LogP contribution in [-0.2, 0) is 19.5 Å². The van der Waals surface area contributed by atoms with E-state index in [1.54, 1.807) is 30.5 Å². The van der Waals surface area contributed by atoms with Crippen molar-refractivity contribution in [2.75, 3.05) is 29.9 Å². The number of halogens is 1. The highest BCUT2D eigenvalue weighted by atomic mass is 19.1. The molecule has 2 N–H and O–H groups in total. The molecule has 0 aliphatic carbocycles. The summed E-state index contributed by atoms with van der Waals surface area (Å²) in [6.45, 7) is 4.15. The van der Waals surface area contributed by atoms with Gasteiger partial charge in [0.15, 0.2) is 5.65 Å². The van der Waals surface area contributed by atoms with Crippen molar-refractivity contribution >= 4 is 40.4 Å². The van der Waals surface area contributed by atoms with Crippen molar-refractivity contribution in [3.63, 3.8) is 0 Å². The summed E-state index contributed by atoms with van der Waals surface area (Å²) in [5, 5.41) is 8.09. The second-order valence-corrected chi connectivity index (χ2v) is 12.3. The molecule has 0 atom stereocenters. The number of hydrogen-bond donors (Lipinski definition) is 2. The number of benzene rings is 3. The number of nitrogens with one attached hydrogen (secondary N) is 2. The van der Waals surface area contributed by atoms with E-state index in [2.05, 4.69) is 36.7 Å². The monoisotopic (exact) mass is 641 g/mol. The Bertz CT molecular complexity index is 1990. The molecule has 2 aliphatic heterocycles. The van der Waals surface area contributed by atoms with Crippen molar-refractivity contribution in [1.29, 1.82) is 0 Å². The number of hydrazone groups is 1. The van der Waals surface area contributed by atoms with Gasteiger partial charge in [-0.25, -0.2) is 19.8 Å². The van der Waals surface area contributed by atoms with Crippen LogP contribution in [0.2, 0.25) is 0 Å². The number of rotatable bonds is 8. The zero-order valence-electron chi connectivity index (χ0n) is 26.5. The zero-order chi connectivity index (χ0) is 32.9. The molecule has 3 aromatic carbocycles. The summed E-state index contributed by atoms with van der Waals surface area (Å²) in [4.78, 5) is 40.8. The van der Waals surface area contributed by atoms with Crippen molar-refractivity contribution in [2.24, 2.45) is 5.10 Å². The second kappa shape index (κ2) is 14.1. The zero-order valence-corrected chi connectivity index (χ0v) is 26.5. The molecule has 0 bridgehead atoms. The van der Waals surface area contributed by atoms with E-state index in [-0.39, 0.29) is 11.7 Å². The third-order valence-corrected chi connectivity index (χ3v) is 8.88. The second-order valence-electron chi connectivity index (χ2n) is 12.3. The number of carbonyl (C=O) groups is 2. The van der Waals surface area contributed by atoms with Gasteiger partial charge in [0.2, 0.25) is 0 Å². The van der Waals surface area contributed by atoms with Crippen molar-refractivity contribution in [3.8, 4) is 0 Å². The van der Waals surface area contributed by atoms with Crippen LogP contribution < -0.4 is 15.6 Å². The minimum absolute atomic E-state index is 0.307. The van der Waals surface area contributed by atoms with E-state index >= 15 is 0 Å². The van der Waals surface area contributed by atoms with Crippen LogP contribution >= 0.6 is 0 Å². The molecule has 0 saturated carbocycles. The number of aromatic nitrogens is 2. The lowest BCUT2D eigenvalue weighted by Crippen LogP contribution is -2.30. The molecule has 242 valence electrons. The van der Waals surface area contributed by atoms with E-state index < -0.39 is 5.91 Å². The molecular formula is C38H36FN7O2. The number of pyridine rings is 2. The standard InChI is InChI=1S/C38H36FN7O2/c39-31-11-9-26(10-12-31)23-41-44-38(48)33-22-32(46-17-2-1-3-18-46)13-14-35(33)43-37(47)29-7-4-6-27(20-29)24-45-19-15-34-30(25-45)21-28-8-5-16-40-36(28)42-34/h4-14,16,20-23H,1-3,15,17-19,24-25H2,(H,43,47)(H,44,48)/b41-23+. The van der Waals surface area contributed by atoms with E-state index in [9.17, 15) is 14.0 Å². The van der Waals surface area contributed by atoms with Crippen LogP contribution in [0.1, 0.15) is 62.4 Å². The van der Waals surface area contributed by atoms with Gasteiger partial charge in [-0.15, -0.1) is 0 Å². The summed E-state index contributed by atoms with van der Waals surface area (Å²) in [5.74, 6) is -1.11. The normalized spacial score (nSPS) is 15.0. The SMILES string of the molecule is O=C(Nc1ccc(N2CCCCC2)cc1C(=O)N/N=C/c1ccc(F)cc1)c1cccc(CN2CCc3nc4ncccc4cc3C2)c1. The van der Waals surface area contributed by atoms with E-state index in [0.717, 1.165) is 73.4 Å². The highest BCUT2D eigenvalue weighted by molar-refractivity contribution is 6.09. The Kier molecular flexibility index (Phi) is 9.15. The van der Waals surface area contributed by atoms with Crippen molar-refractivity contribution in [2.45, 2.75) is 38.8 Å². The number of piperidine rings is 1. The highest BCUT2D eigenvalue weighted by Gasteiger charge is 2.21. The molecular weight excluding hydrogens is 605 g/mol. The Morgan fingerprint density at radius 1 is 0.896 bits per heavy atom. The maximum atomic E-state index is 13.6. The largest absolute Gasteiger partial charge is 0.372 e. The van der Waals surface area contributed by atoms with Crippen molar-refractivity contribution in [3.05, 3.63) is 130 Å². The molecule has 9 nitrogen and oxygen atoms in total. The molecule has 48 heavy (non-hydrogen) atoms. The molecule has 0 radical (unpaired) electrons. The molecule has 2 aliphatic rings. The van der Waals surface area contributed by atoms with Gasteiger partial charge >= 0.3 is 0 Å². The summed E-state index contributed by atoms with van der Waals surface area (Å²) >= 11 is 0. The fraction of sp³-hybridized carbons (Fsp3) is 0.237. The average Bonchev–Trinajstić information content (AvgIpc) is 3.12. The first-order valence-electron chi connectivity index (χ1n) is 16.3. The predicted octanol–water partition coefficient (Wildman–Crippen LogP) is 6.33. The van der Waals surface area contributed by atoms with Gasteiger partial charge in [0, 0.05) is 67.7 Å². The Morgan fingerprint density at radius 3 is 2.60 bits per heavy atom. The third-order valence-electron chi connectivity index (χ3n) is 8.88. The number of anilines is 2. The fourth-order valence-electron chi connectivity index (χ4n) is 6.37. The first-order valence-corrected chi connectivity index (χ1v) is 16.3. The molecule has 2 amide bonds. The number of hydrogen-bond acceptors (Lipinski definition) is 7. The predicted molar refractivity (Wildman–Crippen MR) is 186 cm³/mol. The van der Waals surface area contributed by atoms with Gasteiger partial charge in [-0.1, -0.05) is 24.3 Å². The van der Waals surface area contributed by atoms with Crippen LogP contribution in [0.15, 0.2) is 96.2 Å². The number of amides is 2. The number of nitrogens with zero attached hydrogens (tertiary/aromatic N) is 5. The minimum atomic E-state index is -0.459. The van der Waals surface area contributed by atoms with Crippen LogP contribution in [-0.4, -0.2) is 52.5 Å². The summed E-state index contributed by atoms with van der Waals surface area (Å²) < 4.78 is 13.3. The summed E-state index contributed by atoms with van der Waals surface area (Å²) in [7, 11) is 0. The van der Waals surface area contributed by atoms with Gasteiger partial charge in [0.05, 0.1) is 17.5 Å². The van der Waals surface area contributed by atoms with Gasteiger partial charge in [0.1, 0.15) is 5.82 Å². The Balaban J connectivity index is 1.06. The molecule has 2 aromatic heterocycles. The van der Waals surface area contributed by atoms with Crippen molar-refractivity contribution < 1.29 is 14.0 Å². The molecule has 0 unspecified atom stereocenters. The number of carbonyl (C=O) groups excluding carboxylic acids is 2.